The predicted octanol–water partition coefficient (Wildman–Crippen LogP) is 3.91. The van der Waals surface area contributed by atoms with E-state index in [1.54, 1.807) is 18.2 Å². The molecule has 0 aliphatic heterocycles. The summed E-state index contributed by atoms with van der Waals surface area (Å²) in [6, 6.07) is 11.1. The van der Waals surface area contributed by atoms with Crippen molar-refractivity contribution in [3.8, 4) is 0 Å². The van der Waals surface area contributed by atoms with E-state index in [9.17, 15) is 14.0 Å². The molecule has 0 bridgehead atoms. The Balaban J connectivity index is 1.63. The minimum absolute atomic E-state index is 0.142. The molecule has 2 rings (SSSR count). The van der Waals surface area contributed by atoms with Crippen LogP contribution in [-0.2, 0) is 10.5 Å². The number of hydrogen-bond donors (Lipinski definition) is 2. The first-order valence-electron chi connectivity index (χ1n) is 7.78. The van der Waals surface area contributed by atoms with Gasteiger partial charge in [0.15, 0.2) is 0 Å². The number of hydrogen-bond acceptors (Lipinski definition) is 3. The molecule has 2 amide bonds. The van der Waals surface area contributed by atoms with Crippen LogP contribution in [0.3, 0.4) is 0 Å². The van der Waals surface area contributed by atoms with Crippen LogP contribution in [0.1, 0.15) is 15.9 Å². The van der Waals surface area contributed by atoms with Crippen LogP contribution in [0.25, 0.3) is 0 Å². The molecule has 2 N–H and O–H groups in total. The van der Waals surface area contributed by atoms with Crippen LogP contribution in [-0.4, -0.2) is 30.7 Å². The van der Waals surface area contributed by atoms with Crippen molar-refractivity contribution in [2.45, 2.75) is 5.75 Å². The number of carbonyl (C=O) groups excluding carboxylic acids is 2. The van der Waals surface area contributed by atoms with Gasteiger partial charge in [-0.2, -0.15) is 11.8 Å². The molecular formula is C18H17Cl2FN2O2S. The summed E-state index contributed by atoms with van der Waals surface area (Å²) in [7, 11) is 0. The molecular weight excluding hydrogens is 398 g/mol. The monoisotopic (exact) mass is 414 g/mol. The van der Waals surface area contributed by atoms with E-state index in [0.717, 1.165) is 0 Å². The lowest BCUT2D eigenvalue weighted by atomic mass is 10.2. The van der Waals surface area contributed by atoms with Gasteiger partial charge in [0.25, 0.3) is 5.91 Å². The minimum Gasteiger partial charge on any atom is -0.354 e. The van der Waals surface area contributed by atoms with Crippen LogP contribution in [0.15, 0.2) is 42.5 Å². The molecule has 0 aliphatic rings. The summed E-state index contributed by atoms with van der Waals surface area (Å²) in [4.78, 5) is 23.7. The molecule has 0 atom stereocenters. The topological polar surface area (TPSA) is 58.2 Å². The first kappa shape index (κ1) is 20.6. The van der Waals surface area contributed by atoms with Crippen LogP contribution in [0.5, 0.6) is 0 Å². The molecule has 0 aromatic heterocycles. The molecule has 0 aliphatic carbocycles. The number of halogens is 3. The first-order chi connectivity index (χ1) is 12.5. The van der Waals surface area contributed by atoms with E-state index in [1.807, 2.05) is 0 Å². The second-order valence-electron chi connectivity index (χ2n) is 5.31. The highest BCUT2D eigenvalue weighted by Gasteiger charge is 2.09. The minimum atomic E-state index is -0.410. The van der Waals surface area contributed by atoms with Crippen molar-refractivity contribution in [1.29, 1.82) is 0 Å². The Labute approximate surface area is 165 Å². The summed E-state index contributed by atoms with van der Waals surface area (Å²) >= 11 is 13.2. The summed E-state index contributed by atoms with van der Waals surface area (Å²) in [6.45, 7) is 0.289. The number of benzene rings is 2. The summed E-state index contributed by atoms with van der Waals surface area (Å²) in [6.07, 6.45) is 0. The lowest BCUT2D eigenvalue weighted by Gasteiger charge is -2.08. The average Bonchev–Trinajstić information content (AvgIpc) is 2.63. The fraction of sp³-hybridized carbons (Fsp3) is 0.222. The number of rotatable bonds is 8. The van der Waals surface area contributed by atoms with Crippen LogP contribution in [0, 0.1) is 5.82 Å². The van der Waals surface area contributed by atoms with Crippen molar-refractivity contribution in [3.63, 3.8) is 0 Å². The highest BCUT2D eigenvalue weighted by Crippen LogP contribution is 2.22. The van der Waals surface area contributed by atoms with Crippen molar-refractivity contribution in [2.24, 2.45) is 0 Å². The van der Waals surface area contributed by atoms with E-state index in [4.69, 9.17) is 23.2 Å². The van der Waals surface area contributed by atoms with E-state index in [1.165, 1.54) is 36.0 Å². The van der Waals surface area contributed by atoms with Crippen molar-refractivity contribution in [3.05, 3.63) is 69.5 Å². The summed E-state index contributed by atoms with van der Waals surface area (Å²) in [5, 5.41) is 5.84. The van der Waals surface area contributed by atoms with E-state index >= 15 is 0 Å². The van der Waals surface area contributed by atoms with Gasteiger partial charge in [0.1, 0.15) is 5.82 Å². The van der Waals surface area contributed by atoms with E-state index in [0.29, 0.717) is 34.2 Å². The normalized spacial score (nSPS) is 10.4. The van der Waals surface area contributed by atoms with E-state index in [2.05, 4.69) is 10.6 Å². The Hall–Kier alpha value is -1.76. The second kappa shape index (κ2) is 10.4. The third kappa shape index (κ3) is 6.52. The zero-order valence-electron chi connectivity index (χ0n) is 13.7. The third-order valence-corrected chi connectivity index (χ3v) is 5.12. The first-order valence-corrected chi connectivity index (χ1v) is 9.69. The van der Waals surface area contributed by atoms with Crippen molar-refractivity contribution in [1.82, 2.24) is 10.6 Å². The van der Waals surface area contributed by atoms with Gasteiger partial charge in [-0.3, -0.25) is 9.59 Å². The van der Waals surface area contributed by atoms with Crippen molar-refractivity contribution in [2.75, 3.05) is 18.8 Å². The zero-order valence-corrected chi connectivity index (χ0v) is 16.1. The van der Waals surface area contributed by atoms with Gasteiger partial charge in [-0.05, 0) is 29.8 Å². The SMILES string of the molecule is O=C(CNC(=O)c1ccc(Cl)c(Cl)c1)NCCSCc1ccccc1F. The largest absolute Gasteiger partial charge is 0.354 e. The van der Waals surface area contributed by atoms with E-state index in [-0.39, 0.29) is 23.3 Å². The molecule has 8 heteroatoms. The van der Waals surface area contributed by atoms with Gasteiger partial charge < -0.3 is 10.6 Å². The Morgan fingerprint density at radius 1 is 1.04 bits per heavy atom. The maximum absolute atomic E-state index is 13.5. The second-order valence-corrected chi connectivity index (χ2v) is 7.23. The van der Waals surface area contributed by atoms with Gasteiger partial charge in [0.2, 0.25) is 5.91 Å². The van der Waals surface area contributed by atoms with Crippen molar-refractivity contribution < 1.29 is 14.0 Å². The van der Waals surface area contributed by atoms with Crippen LogP contribution < -0.4 is 10.6 Å². The number of thioether (sulfide) groups is 1. The van der Waals surface area contributed by atoms with Crippen molar-refractivity contribution >= 4 is 46.8 Å². The molecule has 0 radical (unpaired) electrons. The quantitative estimate of drug-likeness (QED) is 0.643. The lowest BCUT2D eigenvalue weighted by molar-refractivity contribution is -0.120. The summed E-state index contributed by atoms with van der Waals surface area (Å²) < 4.78 is 13.5. The molecule has 0 spiro atoms. The Bertz CT molecular complexity index is 790. The maximum Gasteiger partial charge on any atom is 0.251 e. The summed E-state index contributed by atoms with van der Waals surface area (Å²) in [5.74, 6) is 0.240. The van der Waals surface area contributed by atoms with Gasteiger partial charge in [0.05, 0.1) is 16.6 Å². The van der Waals surface area contributed by atoms with Gasteiger partial charge in [-0.1, -0.05) is 41.4 Å². The number of nitrogens with one attached hydrogen (secondary N) is 2. The van der Waals surface area contributed by atoms with E-state index < -0.39 is 5.91 Å². The highest BCUT2D eigenvalue weighted by atomic mass is 35.5. The van der Waals surface area contributed by atoms with Crippen LogP contribution >= 0.6 is 35.0 Å². The number of carbonyl (C=O) groups is 2. The van der Waals surface area contributed by atoms with Crippen LogP contribution in [0.2, 0.25) is 10.0 Å². The molecule has 2 aromatic carbocycles. The molecule has 0 unspecified atom stereocenters. The van der Waals surface area contributed by atoms with Gasteiger partial charge in [-0.15, -0.1) is 0 Å². The zero-order chi connectivity index (χ0) is 18.9. The maximum atomic E-state index is 13.5. The Morgan fingerprint density at radius 2 is 1.81 bits per heavy atom. The smallest absolute Gasteiger partial charge is 0.251 e. The predicted molar refractivity (Wildman–Crippen MR) is 104 cm³/mol. The van der Waals surface area contributed by atoms with Gasteiger partial charge >= 0.3 is 0 Å². The molecule has 0 saturated carbocycles. The fourth-order valence-corrected chi connectivity index (χ4v) is 3.17. The molecule has 0 heterocycles. The fourth-order valence-electron chi connectivity index (χ4n) is 2.02. The van der Waals surface area contributed by atoms with Crippen LogP contribution in [0.4, 0.5) is 4.39 Å². The van der Waals surface area contributed by atoms with Gasteiger partial charge in [0, 0.05) is 23.6 Å². The molecule has 2 aromatic rings. The number of amides is 2. The standard InChI is InChI=1S/C18H17Cl2FN2O2S/c19-14-6-5-12(9-15(14)20)18(25)23-10-17(24)22-7-8-26-11-13-3-1-2-4-16(13)21/h1-6,9H,7-8,10-11H2,(H,22,24)(H,23,25). The molecule has 0 fully saturated rings. The van der Waals surface area contributed by atoms with Gasteiger partial charge in [-0.25, -0.2) is 4.39 Å². The average molecular weight is 415 g/mol. The molecule has 0 saturated heterocycles. The summed E-state index contributed by atoms with van der Waals surface area (Å²) in [5.41, 5.74) is 0.963. The molecule has 26 heavy (non-hydrogen) atoms. The third-order valence-electron chi connectivity index (χ3n) is 3.38. The lowest BCUT2D eigenvalue weighted by Crippen LogP contribution is -2.37. The molecule has 4 nitrogen and oxygen atoms in total. The Morgan fingerprint density at radius 3 is 2.54 bits per heavy atom. The Kier molecular flexibility index (Phi) is 8.22. The highest BCUT2D eigenvalue weighted by molar-refractivity contribution is 7.98. The molecule has 138 valence electrons.